The number of benzene rings is 3. The highest BCUT2D eigenvalue weighted by atomic mass is 32.1. The number of hydrogen-bond donors (Lipinski definition) is 3. The first-order valence-electron chi connectivity index (χ1n) is 14.0. The summed E-state index contributed by atoms with van der Waals surface area (Å²) in [5, 5.41) is 20.3. The molecule has 4 rings (SSSR count). The minimum atomic E-state index is -0.859. The molecule has 2 amide bonds. The van der Waals surface area contributed by atoms with Crippen molar-refractivity contribution in [1.29, 1.82) is 0 Å². The molecule has 1 heterocycles. The van der Waals surface area contributed by atoms with Crippen LogP contribution in [0.15, 0.2) is 84.2 Å². The van der Waals surface area contributed by atoms with Crippen LogP contribution in [0.3, 0.4) is 0 Å². The fraction of sp³-hybridized carbons (Fsp3) is 0.303. The molecule has 0 saturated heterocycles. The Balaban J connectivity index is 1.42. The topological polar surface area (TPSA) is 104 Å². The van der Waals surface area contributed by atoms with Gasteiger partial charge in [-0.1, -0.05) is 55.5 Å². The van der Waals surface area contributed by atoms with E-state index in [1.165, 1.54) is 11.3 Å². The first-order valence-corrected chi connectivity index (χ1v) is 14.9. The molecule has 3 aromatic carbocycles. The number of hydrogen-bond acceptors (Lipinski definition) is 7. The Hall–Kier alpha value is -4.05. The van der Waals surface area contributed by atoms with Crippen LogP contribution < -0.4 is 15.4 Å². The van der Waals surface area contributed by atoms with Crippen LogP contribution in [0.4, 0.5) is 0 Å². The summed E-state index contributed by atoms with van der Waals surface area (Å²) in [6.45, 7) is 3.26. The Kier molecular flexibility index (Phi) is 11.2. The molecule has 0 spiro atoms. The minimum absolute atomic E-state index is 0.194. The number of thiazole rings is 1. The Morgan fingerprint density at radius 1 is 1.00 bits per heavy atom. The average Bonchev–Trinajstić information content (AvgIpc) is 3.48. The molecular formula is C33H38N4O4S. The molecule has 3 N–H and O–H groups in total. The highest BCUT2D eigenvalue weighted by Gasteiger charge is 2.23. The van der Waals surface area contributed by atoms with Crippen LogP contribution in [0.1, 0.15) is 49.5 Å². The molecule has 0 aliphatic carbocycles. The monoisotopic (exact) mass is 586 g/mol. The molecule has 220 valence electrons. The summed E-state index contributed by atoms with van der Waals surface area (Å²) in [4.78, 5) is 32.7. The quantitative estimate of drug-likeness (QED) is 0.201. The summed E-state index contributed by atoms with van der Waals surface area (Å²) in [5.74, 6) is 0.220. The highest BCUT2D eigenvalue weighted by molar-refractivity contribution is 7.09. The lowest BCUT2D eigenvalue weighted by atomic mass is 10.00. The van der Waals surface area contributed by atoms with Gasteiger partial charge < -0.3 is 25.4 Å². The smallest absolute Gasteiger partial charge is 0.253 e. The number of aliphatic hydroxyl groups excluding tert-OH is 1. The lowest BCUT2D eigenvalue weighted by molar-refractivity contribution is 0.0784. The van der Waals surface area contributed by atoms with Crippen molar-refractivity contribution < 1.29 is 19.4 Å². The molecular weight excluding hydrogens is 548 g/mol. The fourth-order valence-electron chi connectivity index (χ4n) is 4.56. The number of aryl methyl sites for hydroxylation is 1. The second kappa shape index (κ2) is 15.3. The summed E-state index contributed by atoms with van der Waals surface area (Å²) in [7, 11) is 3.36. The van der Waals surface area contributed by atoms with Gasteiger partial charge >= 0.3 is 0 Å². The van der Waals surface area contributed by atoms with Gasteiger partial charge in [0.05, 0.1) is 31.5 Å². The van der Waals surface area contributed by atoms with Gasteiger partial charge in [0.1, 0.15) is 10.8 Å². The van der Waals surface area contributed by atoms with Gasteiger partial charge in [0.25, 0.3) is 11.8 Å². The summed E-state index contributed by atoms with van der Waals surface area (Å²) < 4.78 is 5.29. The van der Waals surface area contributed by atoms with Crippen molar-refractivity contribution in [3.63, 3.8) is 0 Å². The minimum Gasteiger partial charge on any atom is -0.497 e. The maximum atomic E-state index is 13.4. The van der Waals surface area contributed by atoms with Gasteiger partial charge in [-0.05, 0) is 54.3 Å². The molecule has 0 saturated carbocycles. The molecule has 4 aromatic rings. The third kappa shape index (κ3) is 8.72. The van der Waals surface area contributed by atoms with Crippen molar-refractivity contribution in [3.8, 4) is 5.75 Å². The number of ether oxygens (including phenoxy) is 1. The normalized spacial score (nSPS) is 12.4. The summed E-state index contributed by atoms with van der Waals surface area (Å²) in [6.07, 6.45) is 0.439. The van der Waals surface area contributed by atoms with Crippen LogP contribution >= 0.6 is 11.3 Å². The molecule has 0 radical (unpaired) electrons. The summed E-state index contributed by atoms with van der Waals surface area (Å²) in [6, 6.07) is 23.6. The van der Waals surface area contributed by atoms with E-state index in [0.717, 1.165) is 34.0 Å². The number of amides is 2. The van der Waals surface area contributed by atoms with Crippen molar-refractivity contribution in [2.75, 3.05) is 20.7 Å². The molecule has 0 aliphatic heterocycles. The van der Waals surface area contributed by atoms with Crippen LogP contribution in [-0.4, -0.2) is 59.7 Å². The van der Waals surface area contributed by atoms with Gasteiger partial charge in [-0.25, -0.2) is 4.98 Å². The van der Waals surface area contributed by atoms with E-state index < -0.39 is 12.1 Å². The maximum Gasteiger partial charge on any atom is 0.253 e. The molecule has 42 heavy (non-hydrogen) atoms. The van der Waals surface area contributed by atoms with E-state index >= 15 is 0 Å². The fourth-order valence-corrected chi connectivity index (χ4v) is 5.49. The molecule has 0 aliphatic rings. The second-order valence-electron chi connectivity index (χ2n) is 10.1. The standard InChI is InChI=1S/C33H38N4O4S/c1-4-27-22-42-31(35-27)21-37(2)33(40)26-14-9-13-25(18-26)32(39)36-29(17-23-10-6-5-7-11-23)30(38)20-34-19-24-12-8-15-28(16-24)41-3/h5-16,18,22,29-30,34,38H,4,17,19-21H2,1-3H3,(H,36,39)/t29-,30+/m0/s1. The van der Waals surface area contributed by atoms with E-state index in [0.29, 0.717) is 30.6 Å². The molecule has 0 fully saturated rings. The Bertz CT molecular complexity index is 1460. The molecule has 1 aromatic heterocycles. The van der Waals surface area contributed by atoms with Crippen molar-refractivity contribution >= 4 is 23.2 Å². The predicted octanol–water partition coefficient (Wildman–Crippen LogP) is 4.48. The van der Waals surface area contributed by atoms with Crippen molar-refractivity contribution in [3.05, 3.63) is 117 Å². The van der Waals surface area contributed by atoms with Gasteiger partial charge in [0, 0.05) is 36.6 Å². The number of nitrogens with zero attached hydrogens (tertiary/aromatic N) is 2. The van der Waals surface area contributed by atoms with E-state index in [2.05, 4.69) is 15.6 Å². The lowest BCUT2D eigenvalue weighted by Crippen LogP contribution is -2.48. The van der Waals surface area contributed by atoms with Gasteiger partial charge in [-0.2, -0.15) is 0 Å². The van der Waals surface area contributed by atoms with E-state index in [1.807, 2.05) is 66.9 Å². The zero-order valence-corrected chi connectivity index (χ0v) is 25.1. The first kappa shape index (κ1) is 30.9. The van der Waals surface area contributed by atoms with Crippen LogP contribution in [-0.2, 0) is 25.9 Å². The number of aliphatic hydroxyl groups is 1. The summed E-state index contributed by atoms with van der Waals surface area (Å²) in [5.41, 5.74) is 3.80. The third-order valence-electron chi connectivity index (χ3n) is 6.95. The number of rotatable bonds is 14. The zero-order valence-electron chi connectivity index (χ0n) is 24.2. The number of nitrogens with one attached hydrogen (secondary N) is 2. The van der Waals surface area contributed by atoms with E-state index in [4.69, 9.17) is 4.74 Å². The molecule has 0 unspecified atom stereocenters. The van der Waals surface area contributed by atoms with Crippen LogP contribution in [0.2, 0.25) is 0 Å². The molecule has 9 heteroatoms. The summed E-state index contributed by atoms with van der Waals surface area (Å²) >= 11 is 1.54. The Labute approximate surface area is 251 Å². The van der Waals surface area contributed by atoms with Crippen molar-refractivity contribution in [1.82, 2.24) is 20.5 Å². The van der Waals surface area contributed by atoms with Crippen molar-refractivity contribution in [2.24, 2.45) is 0 Å². The molecule has 8 nitrogen and oxygen atoms in total. The van der Waals surface area contributed by atoms with Gasteiger partial charge in [0.2, 0.25) is 0 Å². The lowest BCUT2D eigenvalue weighted by Gasteiger charge is -2.25. The third-order valence-corrected chi connectivity index (χ3v) is 7.83. The van der Waals surface area contributed by atoms with Gasteiger partial charge in [-0.15, -0.1) is 11.3 Å². The Morgan fingerprint density at radius 2 is 1.74 bits per heavy atom. The molecule has 0 bridgehead atoms. The van der Waals surface area contributed by atoms with Crippen molar-refractivity contribution in [2.45, 2.75) is 45.0 Å². The van der Waals surface area contributed by atoms with Crippen LogP contribution in [0.25, 0.3) is 0 Å². The number of carbonyl (C=O) groups excluding carboxylic acids is 2. The SMILES string of the molecule is CCc1csc(CN(C)C(=O)c2cccc(C(=O)N[C@@H](Cc3ccccc3)[C@H](O)CNCc3cccc(OC)c3)c2)n1. The van der Waals surface area contributed by atoms with Crippen LogP contribution in [0.5, 0.6) is 5.75 Å². The van der Waals surface area contributed by atoms with E-state index in [9.17, 15) is 14.7 Å². The van der Waals surface area contributed by atoms with Crippen LogP contribution in [0, 0.1) is 0 Å². The molecule has 2 atom stereocenters. The number of aromatic nitrogens is 1. The Morgan fingerprint density at radius 3 is 2.48 bits per heavy atom. The van der Waals surface area contributed by atoms with Gasteiger partial charge in [-0.3, -0.25) is 9.59 Å². The first-order chi connectivity index (χ1) is 20.4. The number of methoxy groups -OCH3 is 1. The van der Waals surface area contributed by atoms with E-state index in [-0.39, 0.29) is 18.4 Å². The van der Waals surface area contributed by atoms with Gasteiger partial charge in [0.15, 0.2) is 0 Å². The zero-order chi connectivity index (χ0) is 29.9. The average molecular weight is 587 g/mol. The largest absolute Gasteiger partial charge is 0.497 e. The highest BCUT2D eigenvalue weighted by Crippen LogP contribution is 2.16. The second-order valence-corrected chi connectivity index (χ2v) is 11.1. The maximum absolute atomic E-state index is 13.4. The predicted molar refractivity (Wildman–Crippen MR) is 166 cm³/mol. The van der Waals surface area contributed by atoms with E-state index in [1.54, 1.807) is 43.3 Å². The number of carbonyl (C=O) groups is 2.